The number of benzene rings is 1. The number of piperidine rings is 1. The zero-order valence-electron chi connectivity index (χ0n) is 14.5. The molecular weight excluding hydrogens is 408 g/mol. The third-order valence-corrected chi connectivity index (χ3v) is 5.04. The van der Waals surface area contributed by atoms with Crippen molar-refractivity contribution in [3.8, 4) is 0 Å². The first kappa shape index (κ1) is 21.9. The van der Waals surface area contributed by atoms with Crippen molar-refractivity contribution in [1.82, 2.24) is 10.2 Å². The SMILES string of the molecule is CC1(C)CN(CC(=O)NCC(=O)Nc2ccccc2Br)CCC1N.Cl. The van der Waals surface area contributed by atoms with E-state index in [0.717, 1.165) is 24.0 Å². The van der Waals surface area contributed by atoms with Gasteiger partial charge in [-0.2, -0.15) is 0 Å². The number of carbonyl (C=O) groups excluding carboxylic acids is 2. The summed E-state index contributed by atoms with van der Waals surface area (Å²) in [5, 5.41) is 5.43. The number of amides is 2. The van der Waals surface area contributed by atoms with Gasteiger partial charge >= 0.3 is 0 Å². The second kappa shape index (κ2) is 9.52. The fourth-order valence-electron chi connectivity index (χ4n) is 2.81. The molecule has 2 rings (SSSR count). The summed E-state index contributed by atoms with van der Waals surface area (Å²) in [6.07, 6.45) is 0.878. The standard InChI is InChI=1S/C17H25BrN4O2.ClH/c1-17(2)11-22(8-7-14(17)19)10-16(24)20-9-15(23)21-13-6-4-3-5-12(13)18;/h3-6,14H,7-11,19H2,1-2H3,(H,20,24)(H,21,23);1H. The first-order chi connectivity index (χ1) is 11.3. The van der Waals surface area contributed by atoms with E-state index in [-0.39, 0.29) is 42.2 Å². The normalized spacial score (nSPS) is 19.6. The van der Waals surface area contributed by atoms with Crippen molar-refractivity contribution >= 4 is 45.8 Å². The van der Waals surface area contributed by atoms with Crippen LogP contribution in [-0.2, 0) is 9.59 Å². The molecular formula is C17H26BrClN4O2. The highest BCUT2D eigenvalue weighted by Crippen LogP contribution is 2.27. The van der Waals surface area contributed by atoms with Crippen molar-refractivity contribution in [2.24, 2.45) is 11.1 Å². The molecule has 8 heteroatoms. The van der Waals surface area contributed by atoms with Crippen LogP contribution in [0.1, 0.15) is 20.3 Å². The minimum atomic E-state index is -0.253. The molecule has 1 unspecified atom stereocenters. The Morgan fingerprint density at radius 1 is 1.32 bits per heavy atom. The molecule has 2 amide bonds. The van der Waals surface area contributed by atoms with E-state index in [0.29, 0.717) is 12.2 Å². The number of nitrogens with two attached hydrogens (primary N) is 1. The predicted molar refractivity (Wildman–Crippen MR) is 106 cm³/mol. The number of carbonyl (C=O) groups is 2. The van der Waals surface area contributed by atoms with Gasteiger partial charge in [-0.25, -0.2) is 0 Å². The summed E-state index contributed by atoms with van der Waals surface area (Å²) in [6, 6.07) is 7.50. The number of para-hydroxylation sites is 1. The highest BCUT2D eigenvalue weighted by atomic mass is 79.9. The number of halogens is 2. The monoisotopic (exact) mass is 432 g/mol. The molecule has 0 aliphatic carbocycles. The molecule has 0 bridgehead atoms. The summed E-state index contributed by atoms with van der Waals surface area (Å²) < 4.78 is 0.802. The second-order valence-electron chi connectivity index (χ2n) is 6.90. The number of hydrogen-bond donors (Lipinski definition) is 3. The molecule has 1 saturated heterocycles. The molecule has 6 nitrogen and oxygen atoms in total. The van der Waals surface area contributed by atoms with Crippen LogP contribution < -0.4 is 16.4 Å². The number of rotatable bonds is 5. The van der Waals surface area contributed by atoms with Crippen molar-refractivity contribution in [2.75, 3.05) is 31.5 Å². The van der Waals surface area contributed by atoms with Gasteiger partial charge in [-0.15, -0.1) is 12.4 Å². The molecule has 1 aromatic rings. The molecule has 1 aliphatic heterocycles. The Labute approximate surface area is 163 Å². The molecule has 1 fully saturated rings. The number of likely N-dealkylation sites (tertiary alicyclic amines) is 1. The van der Waals surface area contributed by atoms with E-state index in [1.807, 2.05) is 18.2 Å². The molecule has 0 saturated carbocycles. The van der Waals surface area contributed by atoms with Gasteiger partial charge in [0.2, 0.25) is 11.8 Å². The summed E-state index contributed by atoms with van der Waals surface area (Å²) in [6.45, 7) is 6.07. The van der Waals surface area contributed by atoms with E-state index < -0.39 is 0 Å². The fraction of sp³-hybridized carbons (Fsp3) is 0.529. The highest BCUT2D eigenvalue weighted by molar-refractivity contribution is 9.10. The smallest absolute Gasteiger partial charge is 0.243 e. The van der Waals surface area contributed by atoms with Crippen molar-refractivity contribution < 1.29 is 9.59 Å². The highest BCUT2D eigenvalue weighted by Gasteiger charge is 2.33. The van der Waals surface area contributed by atoms with Crippen LogP contribution in [0.15, 0.2) is 28.7 Å². The minimum absolute atomic E-state index is 0. The molecule has 4 N–H and O–H groups in total. The molecule has 1 aliphatic rings. The summed E-state index contributed by atoms with van der Waals surface area (Å²) in [5.74, 6) is -0.403. The van der Waals surface area contributed by atoms with E-state index in [2.05, 4.69) is 45.3 Å². The molecule has 25 heavy (non-hydrogen) atoms. The summed E-state index contributed by atoms with van der Waals surface area (Å²) >= 11 is 3.37. The number of nitrogens with zero attached hydrogens (tertiary/aromatic N) is 1. The summed E-state index contributed by atoms with van der Waals surface area (Å²) in [5.41, 5.74) is 6.78. The summed E-state index contributed by atoms with van der Waals surface area (Å²) in [7, 11) is 0. The first-order valence-corrected chi connectivity index (χ1v) is 8.86. The van der Waals surface area contributed by atoms with Gasteiger partial charge in [0.25, 0.3) is 0 Å². The van der Waals surface area contributed by atoms with Gasteiger partial charge < -0.3 is 16.4 Å². The molecule has 1 aromatic carbocycles. The Morgan fingerprint density at radius 2 is 2.00 bits per heavy atom. The maximum Gasteiger partial charge on any atom is 0.243 e. The lowest BCUT2D eigenvalue weighted by molar-refractivity contribution is -0.125. The average molecular weight is 434 g/mol. The molecule has 0 radical (unpaired) electrons. The van der Waals surface area contributed by atoms with Crippen molar-refractivity contribution in [1.29, 1.82) is 0 Å². The third kappa shape index (κ3) is 6.58. The van der Waals surface area contributed by atoms with E-state index >= 15 is 0 Å². The van der Waals surface area contributed by atoms with Gasteiger partial charge in [0.05, 0.1) is 18.8 Å². The van der Waals surface area contributed by atoms with E-state index in [1.54, 1.807) is 6.07 Å². The lowest BCUT2D eigenvalue weighted by Gasteiger charge is -2.42. The lowest BCUT2D eigenvalue weighted by Crippen LogP contribution is -2.54. The van der Waals surface area contributed by atoms with E-state index in [4.69, 9.17) is 5.73 Å². The summed E-state index contributed by atoms with van der Waals surface area (Å²) in [4.78, 5) is 26.1. The van der Waals surface area contributed by atoms with E-state index in [9.17, 15) is 9.59 Å². The minimum Gasteiger partial charge on any atom is -0.346 e. The van der Waals surface area contributed by atoms with Gasteiger partial charge in [-0.05, 0) is 39.9 Å². The topological polar surface area (TPSA) is 87.5 Å². The maximum atomic E-state index is 12.1. The van der Waals surface area contributed by atoms with Crippen molar-refractivity contribution in [3.63, 3.8) is 0 Å². The Kier molecular flexibility index (Phi) is 8.34. The molecule has 0 aromatic heterocycles. The molecule has 0 spiro atoms. The van der Waals surface area contributed by atoms with Crippen LogP contribution in [0.3, 0.4) is 0 Å². The zero-order valence-corrected chi connectivity index (χ0v) is 17.0. The number of nitrogens with one attached hydrogen (secondary N) is 2. The van der Waals surface area contributed by atoms with Gasteiger partial charge in [-0.3, -0.25) is 14.5 Å². The first-order valence-electron chi connectivity index (χ1n) is 8.07. The largest absolute Gasteiger partial charge is 0.346 e. The predicted octanol–water partition coefficient (Wildman–Crippen LogP) is 1.98. The zero-order chi connectivity index (χ0) is 17.7. The van der Waals surface area contributed by atoms with Crippen LogP contribution in [0, 0.1) is 5.41 Å². The molecule has 140 valence electrons. The van der Waals surface area contributed by atoms with Gasteiger partial charge in [0, 0.05) is 23.6 Å². The number of hydrogen-bond acceptors (Lipinski definition) is 4. The van der Waals surface area contributed by atoms with Crippen LogP contribution in [0.4, 0.5) is 5.69 Å². The molecule has 1 heterocycles. The van der Waals surface area contributed by atoms with E-state index in [1.165, 1.54) is 0 Å². The maximum absolute atomic E-state index is 12.1. The van der Waals surface area contributed by atoms with Crippen LogP contribution in [0.5, 0.6) is 0 Å². The van der Waals surface area contributed by atoms with Crippen molar-refractivity contribution in [2.45, 2.75) is 26.3 Å². The van der Waals surface area contributed by atoms with Crippen LogP contribution >= 0.6 is 28.3 Å². The van der Waals surface area contributed by atoms with Gasteiger partial charge in [0.1, 0.15) is 0 Å². The Balaban J connectivity index is 0.00000312. The van der Waals surface area contributed by atoms with Crippen LogP contribution in [-0.4, -0.2) is 48.9 Å². The Morgan fingerprint density at radius 3 is 2.64 bits per heavy atom. The lowest BCUT2D eigenvalue weighted by atomic mass is 9.80. The Hall–Kier alpha value is -1.15. The average Bonchev–Trinajstić information content (AvgIpc) is 2.51. The fourth-order valence-corrected chi connectivity index (χ4v) is 3.20. The quantitative estimate of drug-likeness (QED) is 0.663. The van der Waals surface area contributed by atoms with Gasteiger partial charge in [-0.1, -0.05) is 26.0 Å². The molecule has 1 atom stereocenters. The Bertz CT molecular complexity index is 612. The van der Waals surface area contributed by atoms with Crippen molar-refractivity contribution in [3.05, 3.63) is 28.7 Å². The third-order valence-electron chi connectivity index (χ3n) is 4.35. The second-order valence-corrected chi connectivity index (χ2v) is 7.75. The van der Waals surface area contributed by atoms with Gasteiger partial charge in [0.15, 0.2) is 0 Å². The van der Waals surface area contributed by atoms with Crippen LogP contribution in [0.2, 0.25) is 0 Å². The van der Waals surface area contributed by atoms with Crippen LogP contribution in [0.25, 0.3) is 0 Å². The number of anilines is 1.